The highest BCUT2D eigenvalue weighted by molar-refractivity contribution is 7.99. The van der Waals surface area contributed by atoms with E-state index in [1.165, 1.54) is 23.7 Å². The first-order valence-corrected chi connectivity index (χ1v) is 13.2. The quantitative estimate of drug-likeness (QED) is 0.342. The van der Waals surface area contributed by atoms with Crippen LogP contribution in [-0.2, 0) is 16.4 Å². The van der Waals surface area contributed by atoms with Gasteiger partial charge in [0, 0.05) is 16.7 Å². The lowest BCUT2D eigenvalue weighted by atomic mass is 10.2. The minimum Gasteiger partial charge on any atom is -0.467 e. The van der Waals surface area contributed by atoms with Gasteiger partial charge in [0.25, 0.3) is 5.91 Å². The summed E-state index contributed by atoms with van der Waals surface area (Å²) in [6, 6.07) is 15.9. The van der Waals surface area contributed by atoms with E-state index < -0.39 is 9.84 Å². The lowest BCUT2D eigenvalue weighted by Gasteiger charge is -2.19. The molecule has 0 N–H and O–H groups in total. The molecule has 2 aromatic carbocycles. The summed E-state index contributed by atoms with van der Waals surface area (Å²) in [5.41, 5.74) is 1.18. The summed E-state index contributed by atoms with van der Waals surface area (Å²) >= 11 is 2.99. The summed E-state index contributed by atoms with van der Waals surface area (Å²) in [4.78, 5) is 20.9. The monoisotopic (exact) mass is 472 g/mol. The van der Waals surface area contributed by atoms with E-state index in [-0.39, 0.29) is 17.3 Å². The molecule has 4 rings (SSSR count). The minimum atomic E-state index is -3.33. The first-order chi connectivity index (χ1) is 14.8. The molecule has 0 unspecified atom stereocenters. The number of hydrogen-bond donors (Lipinski definition) is 0. The van der Waals surface area contributed by atoms with Crippen molar-refractivity contribution in [3.63, 3.8) is 0 Å². The topological polar surface area (TPSA) is 80.5 Å². The van der Waals surface area contributed by atoms with Crippen molar-refractivity contribution in [3.8, 4) is 0 Å². The predicted molar refractivity (Wildman–Crippen MR) is 125 cm³/mol. The molecular formula is C22H20N2O4S3. The second-order valence-electron chi connectivity index (χ2n) is 6.83. The van der Waals surface area contributed by atoms with E-state index in [0.717, 1.165) is 10.6 Å². The first-order valence-electron chi connectivity index (χ1n) is 9.53. The Morgan fingerprint density at radius 1 is 1.16 bits per heavy atom. The molecule has 9 heteroatoms. The van der Waals surface area contributed by atoms with Crippen LogP contribution in [0.5, 0.6) is 0 Å². The molecule has 0 saturated carbocycles. The fourth-order valence-corrected chi connectivity index (χ4v) is 5.43. The molecule has 160 valence electrons. The summed E-state index contributed by atoms with van der Waals surface area (Å²) in [7, 11) is -3.33. The molecule has 0 bridgehead atoms. The minimum absolute atomic E-state index is 0.202. The van der Waals surface area contributed by atoms with Crippen LogP contribution < -0.4 is 4.90 Å². The lowest BCUT2D eigenvalue weighted by Crippen LogP contribution is -2.30. The Bertz CT molecular complexity index is 1310. The van der Waals surface area contributed by atoms with Gasteiger partial charge in [0.2, 0.25) is 0 Å². The largest absolute Gasteiger partial charge is 0.467 e. The number of furan rings is 1. The molecule has 6 nitrogen and oxygen atoms in total. The second kappa shape index (κ2) is 8.86. The van der Waals surface area contributed by atoms with Gasteiger partial charge in [-0.1, -0.05) is 18.3 Å². The van der Waals surface area contributed by atoms with Crippen LogP contribution in [0, 0.1) is 0 Å². The summed E-state index contributed by atoms with van der Waals surface area (Å²) in [6.45, 7) is 2.30. The summed E-state index contributed by atoms with van der Waals surface area (Å²) in [5, 5.41) is 0.481. The number of benzene rings is 2. The number of amides is 1. The number of carbonyl (C=O) groups excluding carboxylic acids is 1. The van der Waals surface area contributed by atoms with Crippen molar-refractivity contribution in [2.75, 3.05) is 16.9 Å². The van der Waals surface area contributed by atoms with Crippen LogP contribution in [0.15, 0.2) is 75.1 Å². The molecule has 0 aliphatic heterocycles. The van der Waals surface area contributed by atoms with Gasteiger partial charge < -0.3 is 4.42 Å². The smallest absolute Gasteiger partial charge is 0.260 e. The van der Waals surface area contributed by atoms with Crippen molar-refractivity contribution in [3.05, 3.63) is 72.2 Å². The van der Waals surface area contributed by atoms with Gasteiger partial charge in [-0.05, 0) is 60.4 Å². The normalized spacial score (nSPS) is 11.7. The maximum atomic E-state index is 13.4. The zero-order valence-electron chi connectivity index (χ0n) is 16.9. The highest BCUT2D eigenvalue weighted by Gasteiger charge is 2.23. The van der Waals surface area contributed by atoms with E-state index in [2.05, 4.69) is 11.9 Å². The molecule has 0 aliphatic carbocycles. The van der Waals surface area contributed by atoms with Crippen molar-refractivity contribution in [2.45, 2.75) is 23.3 Å². The van der Waals surface area contributed by atoms with E-state index in [1.807, 2.05) is 24.3 Å². The van der Waals surface area contributed by atoms with Crippen molar-refractivity contribution in [1.82, 2.24) is 4.98 Å². The Hall–Kier alpha value is -2.62. The number of rotatable bonds is 7. The lowest BCUT2D eigenvalue weighted by molar-refractivity contribution is 0.0983. The Balaban J connectivity index is 1.73. The first kappa shape index (κ1) is 21.6. The van der Waals surface area contributed by atoms with E-state index in [0.29, 0.717) is 26.7 Å². The molecule has 2 heterocycles. The van der Waals surface area contributed by atoms with Crippen molar-refractivity contribution < 1.29 is 17.6 Å². The molecular weight excluding hydrogens is 452 g/mol. The predicted octanol–water partition coefficient (Wildman–Crippen LogP) is 5.25. The van der Waals surface area contributed by atoms with Crippen LogP contribution in [0.1, 0.15) is 23.0 Å². The Kier molecular flexibility index (Phi) is 6.17. The number of carbonyl (C=O) groups is 1. The molecule has 0 radical (unpaired) electrons. The fraction of sp³-hybridized carbons (Fsp3) is 0.182. The van der Waals surface area contributed by atoms with Crippen molar-refractivity contribution >= 4 is 54.2 Å². The summed E-state index contributed by atoms with van der Waals surface area (Å²) in [5.74, 6) is 1.38. The van der Waals surface area contributed by atoms with Crippen LogP contribution in [0.4, 0.5) is 5.13 Å². The zero-order chi connectivity index (χ0) is 22.0. The molecule has 0 aliphatic rings. The van der Waals surface area contributed by atoms with Gasteiger partial charge in [-0.15, -0.1) is 11.8 Å². The van der Waals surface area contributed by atoms with E-state index >= 15 is 0 Å². The molecule has 31 heavy (non-hydrogen) atoms. The van der Waals surface area contributed by atoms with E-state index in [1.54, 1.807) is 47.2 Å². The number of fused-ring (bicyclic) bond motifs is 1. The number of thioether (sulfide) groups is 1. The van der Waals surface area contributed by atoms with Gasteiger partial charge in [0.15, 0.2) is 15.0 Å². The molecule has 2 aromatic heterocycles. The maximum Gasteiger partial charge on any atom is 0.260 e. The van der Waals surface area contributed by atoms with Gasteiger partial charge in [0.1, 0.15) is 5.76 Å². The molecule has 1 amide bonds. The molecule has 0 saturated heterocycles. The van der Waals surface area contributed by atoms with Gasteiger partial charge in [-0.2, -0.15) is 0 Å². The fourth-order valence-electron chi connectivity index (χ4n) is 3.04. The highest BCUT2D eigenvalue weighted by atomic mass is 32.2. The van der Waals surface area contributed by atoms with Crippen LogP contribution in [0.25, 0.3) is 10.2 Å². The Morgan fingerprint density at radius 2 is 1.94 bits per heavy atom. The number of anilines is 1. The summed E-state index contributed by atoms with van der Waals surface area (Å²) in [6.07, 6.45) is 2.73. The van der Waals surface area contributed by atoms with Crippen LogP contribution >= 0.6 is 23.1 Å². The van der Waals surface area contributed by atoms with Crippen molar-refractivity contribution in [1.29, 1.82) is 0 Å². The van der Waals surface area contributed by atoms with Crippen LogP contribution in [-0.4, -0.2) is 31.3 Å². The Labute approximate surface area is 188 Å². The maximum absolute atomic E-state index is 13.4. The van der Waals surface area contributed by atoms with Crippen LogP contribution in [0.2, 0.25) is 0 Å². The molecule has 0 fully saturated rings. The van der Waals surface area contributed by atoms with Crippen molar-refractivity contribution in [2.24, 2.45) is 0 Å². The Morgan fingerprint density at radius 3 is 2.58 bits per heavy atom. The second-order valence-corrected chi connectivity index (χ2v) is 11.2. The third-order valence-corrected chi connectivity index (χ3v) is 7.60. The van der Waals surface area contributed by atoms with Gasteiger partial charge in [-0.3, -0.25) is 9.69 Å². The molecule has 0 spiro atoms. The zero-order valence-corrected chi connectivity index (χ0v) is 19.4. The van der Waals surface area contributed by atoms with E-state index in [4.69, 9.17) is 4.42 Å². The number of hydrogen-bond acceptors (Lipinski definition) is 7. The number of nitrogens with zero attached hydrogens (tertiary/aromatic N) is 2. The SMILES string of the molecule is CCSc1ccc(C(=O)N(Cc2ccco2)c2nc3ccc(S(C)(=O)=O)cc3s2)cc1. The molecule has 4 aromatic rings. The molecule has 0 atom stereocenters. The van der Waals surface area contributed by atoms with Gasteiger partial charge >= 0.3 is 0 Å². The number of thiazole rings is 1. The third kappa shape index (κ3) is 4.84. The highest BCUT2D eigenvalue weighted by Crippen LogP contribution is 2.32. The average molecular weight is 473 g/mol. The number of sulfone groups is 1. The standard InChI is InChI=1S/C22H20N2O4S3/c1-3-29-17-8-6-15(7-9-17)21(25)24(14-16-5-4-12-28-16)22-23-19-11-10-18(31(2,26)27)13-20(19)30-22/h4-13H,3,14H2,1-2H3. The number of aromatic nitrogens is 1. The average Bonchev–Trinajstić information content (AvgIpc) is 3.40. The third-order valence-electron chi connectivity index (χ3n) is 4.56. The van der Waals surface area contributed by atoms with E-state index in [9.17, 15) is 13.2 Å². The van der Waals surface area contributed by atoms with Gasteiger partial charge in [0.05, 0.1) is 27.9 Å². The van der Waals surface area contributed by atoms with Gasteiger partial charge in [-0.25, -0.2) is 13.4 Å². The summed E-state index contributed by atoms with van der Waals surface area (Å²) < 4.78 is 30.0. The van der Waals surface area contributed by atoms with Crippen LogP contribution in [0.3, 0.4) is 0 Å².